The molecule has 1 N–H and O–H groups in total. The first-order valence-corrected chi connectivity index (χ1v) is 14.1. The van der Waals surface area contributed by atoms with Crippen molar-refractivity contribution in [2.24, 2.45) is 5.92 Å². The first kappa shape index (κ1) is 25.3. The van der Waals surface area contributed by atoms with E-state index in [1.165, 1.54) is 82.2 Å². The Bertz CT molecular complexity index is 1320. The summed E-state index contributed by atoms with van der Waals surface area (Å²) in [5.41, 5.74) is 14.8. The van der Waals surface area contributed by atoms with Crippen LogP contribution < -0.4 is 5.32 Å². The molecule has 2 aliphatic carbocycles. The third-order valence-corrected chi connectivity index (χ3v) is 8.17. The van der Waals surface area contributed by atoms with E-state index in [9.17, 15) is 0 Å². The number of aryl methyl sites for hydroxylation is 1. The van der Waals surface area contributed by atoms with Crippen LogP contribution >= 0.6 is 0 Å². The van der Waals surface area contributed by atoms with Gasteiger partial charge in [0.1, 0.15) is 0 Å². The molecule has 0 spiro atoms. The second-order valence-electron chi connectivity index (χ2n) is 11.3. The van der Waals surface area contributed by atoms with E-state index < -0.39 is 0 Å². The van der Waals surface area contributed by atoms with Gasteiger partial charge in [-0.2, -0.15) is 0 Å². The van der Waals surface area contributed by atoms with Crippen LogP contribution in [-0.4, -0.2) is 0 Å². The summed E-state index contributed by atoms with van der Waals surface area (Å²) in [5, 5.41) is 3.67. The molecule has 2 aliphatic rings. The predicted molar refractivity (Wildman–Crippen MR) is 160 cm³/mol. The van der Waals surface area contributed by atoms with E-state index in [0.717, 1.165) is 12.1 Å². The summed E-state index contributed by atoms with van der Waals surface area (Å²) in [5.74, 6) is 0.545. The number of benzene rings is 3. The summed E-state index contributed by atoms with van der Waals surface area (Å²) >= 11 is 0. The maximum atomic E-state index is 4.40. The molecule has 190 valence electrons. The molecule has 37 heavy (non-hydrogen) atoms. The molecule has 1 saturated carbocycles. The lowest BCUT2D eigenvalue weighted by molar-refractivity contribution is 0.601. The minimum absolute atomic E-state index is 0.181. The molecule has 0 amide bonds. The monoisotopic (exact) mass is 487 g/mol. The van der Waals surface area contributed by atoms with E-state index in [4.69, 9.17) is 0 Å². The highest BCUT2D eigenvalue weighted by Gasteiger charge is 2.19. The van der Waals surface area contributed by atoms with Crippen LogP contribution in [0.2, 0.25) is 0 Å². The molecule has 0 aromatic heterocycles. The Hall–Kier alpha value is -3.32. The molecule has 1 unspecified atom stereocenters. The van der Waals surface area contributed by atoms with E-state index in [1.54, 1.807) is 5.57 Å². The van der Waals surface area contributed by atoms with Crippen LogP contribution in [0.1, 0.15) is 97.9 Å². The van der Waals surface area contributed by atoms with Gasteiger partial charge < -0.3 is 5.32 Å². The molecule has 0 heterocycles. The van der Waals surface area contributed by atoms with E-state index in [-0.39, 0.29) is 6.04 Å². The third-order valence-electron chi connectivity index (χ3n) is 8.17. The van der Waals surface area contributed by atoms with Crippen LogP contribution in [0.5, 0.6) is 0 Å². The van der Waals surface area contributed by atoms with Crippen LogP contribution in [-0.2, 0) is 6.42 Å². The summed E-state index contributed by atoms with van der Waals surface area (Å²) in [6.45, 7) is 13.4. The van der Waals surface area contributed by atoms with E-state index >= 15 is 0 Å². The molecule has 0 saturated heterocycles. The average Bonchev–Trinajstić information content (AvgIpc) is 3.35. The van der Waals surface area contributed by atoms with Gasteiger partial charge in [0.05, 0.1) is 0 Å². The Kier molecular flexibility index (Phi) is 7.51. The minimum Gasteiger partial charge on any atom is -0.379 e. The van der Waals surface area contributed by atoms with Gasteiger partial charge >= 0.3 is 0 Å². The summed E-state index contributed by atoms with van der Waals surface area (Å²) in [7, 11) is 0. The van der Waals surface area contributed by atoms with Gasteiger partial charge in [-0.05, 0) is 102 Å². The number of nitrogens with one attached hydrogen (secondary N) is 1. The number of rotatable bonds is 7. The minimum atomic E-state index is 0.181. The van der Waals surface area contributed by atoms with Crippen LogP contribution in [0.25, 0.3) is 16.8 Å². The average molecular weight is 488 g/mol. The highest BCUT2D eigenvalue weighted by molar-refractivity contribution is 5.82. The number of fused-ring (bicyclic) bond motifs is 1. The molecule has 0 radical (unpaired) electrons. The Balaban J connectivity index is 1.35. The van der Waals surface area contributed by atoms with Gasteiger partial charge in [-0.25, -0.2) is 0 Å². The SMILES string of the molecule is C=C(NC(C)c1ccc(C(=C2CCCCC2)c2ccc(C)cc2)cc1)c1ccc2c(c1)C(C(C)C)=CC2. The van der Waals surface area contributed by atoms with Crippen LogP contribution in [0.3, 0.4) is 0 Å². The van der Waals surface area contributed by atoms with Crippen molar-refractivity contribution in [3.05, 3.63) is 124 Å². The number of hydrogen-bond acceptors (Lipinski definition) is 1. The normalized spacial score (nSPS) is 15.8. The fourth-order valence-electron chi connectivity index (χ4n) is 5.98. The van der Waals surface area contributed by atoms with Crippen molar-refractivity contribution in [2.45, 2.75) is 72.3 Å². The number of allylic oxidation sites excluding steroid dienone is 3. The second kappa shape index (κ2) is 11.0. The van der Waals surface area contributed by atoms with Gasteiger partial charge in [-0.1, -0.05) is 105 Å². The molecule has 1 heteroatoms. The van der Waals surface area contributed by atoms with Crippen molar-refractivity contribution in [3.8, 4) is 0 Å². The molecule has 3 aromatic rings. The van der Waals surface area contributed by atoms with Crippen molar-refractivity contribution in [3.63, 3.8) is 0 Å². The quantitative estimate of drug-likeness (QED) is 0.350. The smallest absolute Gasteiger partial charge is 0.0485 e. The van der Waals surface area contributed by atoms with Crippen molar-refractivity contribution >= 4 is 16.8 Å². The maximum absolute atomic E-state index is 4.40. The summed E-state index contributed by atoms with van der Waals surface area (Å²) < 4.78 is 0. The van der Waals surface area contributed by atoms with Gasteiger partial charge in [0.2, 0.25) is 0 Å². The first-order chi connectivity index (χ1) is 17.9. The lowest BCUT2D eigenvalue weighted by Crippen LogP contribution is -2.16. The highest BCUT2D eigenvalue weighted by Crippen LogP contribution is 2.36. The van der Waals surface area contributed by atoms with Crippen molar-refractivity contribution < 1.29 is 0 Å². The van der Waals surface area contributed by atoms with E-state index in [2.05, 4.69) is 112 Å². The largest absolute Gasteiger partial charge is 0.379 e. The zero-order valence-corrected chi connectivity index (χ0v) is 23.0. The second-order valence-corrected chi connectivity index (χ2v) is 11.3. The molecule has 1 fully saturated rings. The van der Waals surface area contributed by atoms with Gasteiger partial charge in [-0.15, -0.1) is 0 Å². The summed E-state index contributed by atoms with van der Waals surface area (Å²) in [6.07, 6.45) is 9.84. The molecule has 5 rings (SSSR count). The number of hydrogen-bond donors (Lipinski definition) is 1. The molecule has 0 aliphatic heterocycles. The fraction of sp³-hybridized carbons (Fsp3) is 0.333. The lowest BCUT2D eigenvalue weighted by Gasteiger charge is -2.22. The molecular formula is C36H41N. The maximum Gasteiger partial charge on any atom is 0.0485 e. The predicted octanol–water partition coefficient (Wildman–Crippen LogP) is 9.68. The first-order valence-electron chi connectivity index (χ1n) is 14.1. The molecule has 3 aromatic carbocycles. The molecular weight excluding hydrogens is 446 g/mol. The lowest BCUT2D eigenvalue weighted by atomic mass is 9.84. The third kappa shape index (κ3) is 5.52. The Morgan fingerprint density at radius 3 is 2.05 bits per heavy atom. The zero-order valence-electron chi connectivity index (χ0n) is 23.0. The van der Waals surface area contributed by atoms with Crippen LogP contribution in [0.4, 0.5) is 0 Å². The van der Waals surface area contributed by atoms with Crippen molar-refractivity contribution in [1.29, 1.82) is 0 Å². The summed E-state index contributed by atoms with van der Waals surface area (Å²) in [6, 6.07) is 25.3. The Morgan fingerprint density at radius 1 is 0.784 bits per heavy atom. The van der Waals surface area contributed by atoms with Gasteiger partial charge in [0.15, 0.2) is 0 Å². The molecule has 1 atom stereocenters. The van der Waals surface area contributed by atoms with Crippen LogP contribution in [0, 0.1) is 12.8 Å². The van der Waals surface area contributed by atoms with E-state index in [0.29, 0.717) is 5.92 Å². The fourth-order valence-corrected chi connectivity index (χ4v) is 5.98. The van der Waals surface area contributed by atoms with Gasteiger partial charge in [-0.3, -0.25) is 0 Å². The Morgan fingerprint density at radius 2 is 1.41 bits per heavy atom. The van der Waals surface area contributed by atoms with Crippen LogP contribution in [0.15, 0.2) is 85.0 Å². The van der Waals surface area contributed by atoms with Crippen molar-refractivity contribution in [2.75, 3.05) is 0 Å². The van der Waals surface area contributed by atoms with Crippen molar-refractivity contribution in [1.82, 2.24) is 5.32 Å². The summed E-state index contributed by atoms with van der Waals surface area (Å²) in [4.78, 5) is 0. The Labute approximate surface area is 224 Å². The van der Waals surface area contributed by atoms with Gasteiger partial charge in [0, 0.05) is 11.7 Å². The van der Waals surface area contributed by atoms with Gasteiger partial charge in [0.25, 0.3) is 0 Å². The van der Waals surface area contributed by atoms with E-state index in [1.807, 2.05) is 0 Å². The highest BCUT2D eigenvalue weighted by atomic mass is 14.9. The zero-order chi connectivity index (χ0) is 25.9. The molecule has 0 bridgehead atoms. The standard InChI is InChI=1S/C36H41N/c1-24(2)34-22-21-29-17-20-33(23-35(29)34)27(5)37-26(4)28-15-18-32(19-16-28)36(30-9-7-6-8-10-30)31-13-11-25(3)12-14-31/h11-20,22-24,26,37H,5-10,21H2,1-4H3. The molecule has 1 nitrogen and oxygen atoms in total. The topological polar surface area (TPSA) is 12.0 Å².